The fraction of sp³-hybridized carbons (Fsp3) is 0.471. The molecule has 1 aliphatic heterocycles. The first kappa shape index (κ1) is 14.1. The highest BCUT2D eigenvalue weighted by molar-refractivity contribution is 5.27. The number of imidazole rings is 1. The normalized spacial score (nSPS) is 19.6. The topological polar surface area (TPSA) is 41.1 Å². The Morgan fingerprint density at radius 3 is 2.81 bits per heavy atom. The number of hydrogen-bond donors (Lipinski definition) is 1. The molecule has 21 heavy (non-hydrogen) atoms. The summed E-state index contributed by atoms with van der Waals surface area (Å²) in [7, 11) is 1.70. The van der Waals surface area contributed by atoms with Crippen LogP contribution in [0.5, 0.6) is 5.75 Å². The molecule has 2 aromatic rings. The third kappa shape index (κ3) is 3.45. The fourth-order valence-corrected chi connectivity index (χ4v) is 3.05. The Bertz CT molecular complexity index is 576. The van der Waals surface area contributed by atoms with Crippen molar-refractivity contribution < 1.29 is 4.74 Å². The number of nitrogens with one attached hydrogen (secondary N) is 1. The fourth-order valence-electron chi connectivity index (χ4n) is 3.05. The second-order valence-electron chi connectivity index (χ2n) is 5.87. The van der Waals surface area contributed by atoms with E-state index < -0.39 is 0 Å². The zero-order chi connectivity index (χ0) is 14.7. The van der Waals surface area contributed by atoms with Gasteiger partial charge in [0.1, 0.15) is 11.6 Å². The number of hydrogen-bond acceptors (Lipinski definition) is 3. The molecule has 112 valence electrons. The van der Waals surface area contributed by atoms with E-state index in [2.05, 4.69) is 33.9 Å². The molecule has 1 aromatic carbocycles. The Kier molecular flexibility index (Phi) is 4.25. The Hall–Kier alpha value is -1.81. The molecule has 0 amide bonds. The van der Waals surface area contributed by atoms with Gasteiger partial charge in [-0.15, -0.1) is 0 Å². The molecule has 0 bridgehead atoms. The Morgan fingerprint density at radius 1 is 1.33 bits per heavy atom. The van der Waals surface area contributed by atoms with E-state index in [0.29, 0.717) is 5.92 Å². The third-order valence-electron chi connectivity index (χ3n) is 4.18. The maximum atomic E-state index is 5.21. The van der Waals surface area contributed by atoms with Gasteiger partial charge in [-0.1, -0.05) is 12.1 Å². The van der Waals surface area contributed by atoms with Gasteiger partial charge in [0.15, 0.2) is 0 Å². The standard InChI is InChI=1S/C17H23N3O/c1-13-10-18-17(19-13)15-4-3-9-20(12-15)11-14-5-7-16(21-2)8-6-14/h5-8,10,15H,3-4,9,11-12H2,1-2H3,(H,18,19). The van der Waals surface area contributed by atoms with Crippen LogP contribution in [0, 0.1) is 6.92 Å². The molecule has 0 aliphatic carbocycles. The van der Waals surface area contributed by atoms with Gasteiger partial charge in [-0.3, -0.25) is 4.90 Å². The van der Waals surface area contributed by atoms with E-state index >= 15 is 0 Å². The lowest BCUT2D eigenvalue weighted by atomic mass is 9.97. The number of nitrogens with zero attached hydrogens (tertiary/aromatic N) is 2. The van der Waals surface area contributed by atoms with Gasteiger partial charge in [-0.2, -0.15) is 0 Å². The van der Waals surface area contributed by atoms with E-state index in [1.807, 2.05) is 18.3 Å². The molecule has 1 aromatic heterocycles. The molecule has 4 heteroatoms. The lowest BCUT2D eigenvalue weighted by molar-refractivity contribution is 0.197. The zero-order valence-electron chi connectivity index (χ0n) is 12.8. The number of likely N-dealkylation sites (tertiary alicyclic amines) is 1. The van der Waals surface area contributed by atoms with Crippen molar-refractivity contribution >= 4 is 0 Å². The van der Waals surface area contributed by atoms with E-state index in [9.17, 15) is 0 Å². The van der Waals surface area contributed by atoms with Crippen molar-refractivity contribution in [1.29, 1.82) is 0 Å². The number of benzene rings is 1. The van der Waals surface area contributed by atoms with E-state index in [4.69, 9.17) is 4.74 Å². The molecule has 1 aliphatic rings. The van der Waals surface area contributed by atoms with Gasteiger partial charge in [0.25, 0.3) is 0 Å². The van der Waals surface area contributed by atoms with E-state index in [-0.39, 0.29) is 0 Å². The van der Waals surface area contributed by atoms with Gasteiger partial charge in [0.05, 0.1) is 7.11 Å². The van der Waals surface area contributed by atoms with E-state index in [1.54, 1.807) is 7.11 Å². The van der Waals surface area contributed by atoms with Crippen LogP contribution < -0.4 is 4.74 Å². The summed E-state index contributed by atoms with van der Waals surface area (Å²) in [6.07, 6.45) is 4.39. The van der Waals surface area contributed by atoms with Gasteiger partial charge in [0.2, 0.25) is 0 Å². The molecular formula is C17H23N3O. The molecule has 4 nitrogen and oxygen atoms in total. The number of aromatic nitrogens is 2. The van der Waals surface area contributed by atoms with Gasteiger partial charge >= 0.3 is 0 Å². The number of piperidine rings is 1. The Labute approximate surface area is 126 Å². The molecule has 2 heterocycles. The molecule has 3 rings (SSSR count). The number of rotatable bonds is 4. The van der Waals surface area contributed by atoms with Crippen LogP contribution in [0.15, 0.2) is 30.5 Å². The number of H-pyrrole nitrogens is 1. The Balaban J connectivity index is 1.62. The maximum absolute atomic E-state index is 5.21. The quantitative estimate of drug-likeness (QED) is 0.938. The highest BCUT2D eigenvalue weighted by atomic mass is 16.5. The monoisotopic (exact) mass is 285 g/mol. The first-order valence-electron chi connectivity index (χ1n) is 7.61. The average Bonchev–Trinajstić information content (AvgIpc) is 2.95. The van der Waals surface area contributed by atoms with Crippen molar-refractivity contribution in [3.8, 4) is 5.75 Å². The minimum absolute atomic E-state index is 0.533. The van der Waals surface area contributed by atoms with Gasteiger partial charge < -0.3 is 9.72 Å². The van der Waals surface area contributed by atoms with Crippen LogP contribution in [-0.2, 0) is 6.54 Å². The first-order chi connectivity index (χ1) is 10.2. The molecule has 0 radical (unpaired) electrons. The van der Waals surface area contributed by atoms with Crippen molar-refractivity contribution in [2.75, 3.05) is 20.2 Å². The summed E-state index contributed by atoms with van der Waals surface area (Å²) in [4.78, 5) is 10.4. The summed E-state index contributed by atoms with van der Waals surface area (Å²) < 4.78 is 5.21. The smallest absolute Gasteiger partial charge is 0.118 e. The van der Waals surface area contributed by atoms with E-state index in [1.165, 1.54) is 24.9 Å². The van der Waals surface area contributed by atoms with Gasteiger partial charge in [-0.05, 0) is 44.0 Å². The lowest BCUT2D eigenvalue weighted by Gasteiger charge is -2.31. The highest BCUT2D eigenvalue weighted by Crippen LogP contribution is 2.26. The number of aromatic amines is 1. The Morgan fingerprint density at radius 2 is 2.14 bits per heavy atom. The largest absolute Gasteiger partial charge is 0.497 e. The molecule has 0 saturated carbocycles. The molecule has 1 N–H and O–H groups in total. The summed E-state index contributed by atoms with van der Waals surface area (Å²) in [5.74, 6) is 2.60. The third-order valence-corrected chi connectivity index (χ3v) is 4.18. The van der Waals surface area contributed by atoms with Gasteiger partial charge in [-0.25, -0.2) is 4.98 Å². The summed E-state index contributed by atoms with van der Waals surface area (Å²) in [6, 6.07) is 8.37. The SMILES string of the molecule is COc1ccc(CN2CCCC(c3ncc(C)[nH]3)C2)cc1. The van der Waals surface area contributed by atoms with E-state index in [0.717, 1.165) is 30.4 Å². The summed E-state index contributed by atoms with van der Waals surface area (Å²) >= 11 is 0. The summed E-state index contributed by atoms with van der Waals surface area (Å²) in [5.41, 5.74) is 2.49. The minimum atomic E-state index is 0.533. The summed E-state index contributed by atoms with van der Waals surface area (Å²) in [6.45, 7) is 5.32. The predicted octanol–water partition coefficient (Wildman–Crippen LogP) is 3.11. The van der Waals surface area contributed by atoms with Crippen LogP contribution in [0.4, 0.5) is 0 Å². The van der Waals surface area contributed by atoms with Crippen LogP contribution in [0.3, 0.4) is 0 Å². The highest BCUT2D eigenvalue weighted by Gasteiger charge is 2.23. The van der Waals surface area contributed by atoms with Gasteiger partial charge in [0, 0.05) is 30.9 Å². The van der Waals surface area contributed by atoms with Crippen molar-refractivity contribution in [3.05, 3.63) is 47.5 Å². The molecule has 0 spiro atoms. The zero-order valence-corrected chi connectivity index (χ0v) is 12.8. The van der Waals surface area contributed by atoms with Crippen molar-refractivity contribution in [1.82, 2.24) is 14.9 Å². The second-order valence-corrected chi connectivity index (χ2v) is 5.87. The number of ether oxygens (including phenoxy) is 1. The van der Waals surface area contributed by atoms with Crippen molar-refractivity contribution in [2.24, 2.45) is 0 Å². The molecular weight excluding hydrogens is 262 g/mol. The number of aryl methyl sites for hydroxylation is 1. The van der Waals surface area contributed by atoms with Crippen molar-refractivity contribution in [3.63, 3.8) is 0 Å². The van der Waals surface area contributed by atoms with Crippen LogP contribution in [0.1, 0.15) is 35.8 Å². The van der Waals surface area contributed by atoms with Crippen LogP contribution in [0.2, 0.25) is 0 Å². The van der Waals surface area contributed by atoms with Crippen LogP contribution in [-0.4, -0.2) is 35.1 Å². The van der Waals surface area contributed by atoms with Crippen LogP contribution in [0.25, 0.3) is 0 Å². The average molecular weight is 285 g/mol. The van der Waals surface area contributed by atoms with Crippen molar-refractivity contribution in [2.45, 2.75) is 32.2 Å². The molecule has 1 atom stereocenters. The number of methoxy groups -OCH3 is 1. The minimum Gasteiger partial charge on any atom is -0.497 e. The second kappa shape index (κ2) is 6.31. The predicted molar refractivity (Wildman–Crippen MR) is 83.6 cm³/mol. The maximum Gasteiger partial charge on any atom is 0.118 e. The van der Waals surface area contributed by atoms with Crippen LogP contribution >= 0.6 is 0 Å². The summed E-state index contributed by atoms with van der Waals surface area (Å²) in [5, 5.41) is 0. The lowest BCUT2D eigenvalue weighted by Crippen LogP contribution is -2.34. The molecule has 1 unspecified atom stereocenters. The molecule has 1 saturated heterocycles. The molecule has 1 fully saturated rings. The first-order valence-corrected chi connectivity index (χ1v) is 7.61.